The van der Waals surface area contributed by atoms with Crippen molar-refractivity contribution >= 4 is 18.4 Å². The van der Waals surface area contributed by atoms with E-state index in [1.54, 1.807) is 0 Å². The Kier molecular flexibility index (Phi) is 11.3. The maximum Gasteiger partial charge on any atom is 1.00 e. The first-order valence-corrected chi connectivity index (χ1v) is 4.45. The molecule has 0 radical (unpaired) electrons. The van der Waals surface area contributed by atoms with Crippen molar-refractivity contribution in [1.82, 2.24) is 0 Å². The van der Waals surface area contributed by atoms with Crippen molar-refractivity contribution in [1.29, 1.82) is 0 Å². The molecule has 18 heavy (non-hydrogen) atoms. The van der Waals surface area contributed by atoms with Crippen molar-refractivity contribution in [3.8, 4) is 0 Å². The normalized spacial score (nSPS) is 7.89. The van der Waals surface area contributed by atoms with Crippen LogP contribution in [0.4, 0.5) is 0 Å². The predicted octanol–water partition coefficient (Wildman–Crippen LogP) is -1.92. The number of methoxy groups -OCH3 is 2. The van der Waals surface area contributed by atoms with Crippen LogP contribution in [0.5, 0.6) is 0 Å². The number of hydrogen-bond acceptors (Lipinski definition) is 5. The zero-order valence-electron chi connectivity index (χ0n) is 11.4. The molecule has 1 N–H and O–H groups in total. The minimum Gasteiger partial charge on any atom is -1.00 e. The third-order valence-corrected chi connectivity index (χ3v) is 1.73. The number of carbonyl (C=O) groups is 3. The SMILES string of the molecule is COC(=O)c1ccc(C(=O)OC)cc1.O=CO.[H-].[Na+]. The summed E-state index contributed by atoms with van der Waals surface area (Å²) >= 11 is 0. The van der Waals surface area contributed by atoms with E-state index in [0.29, 0.717) is 11.1 Å². The van der Waals surface area contributed by atoms with Gasteiger partial charge < -0.3 is 16.0 Å². The van der Waals surface area contributed by atoms with Crippen molar-refractivity contribution in [2.45, 2.75) is 0 Å². The number of hydrogen-bond donors (Lipinski definition) is 1. The summed E-state index contributed by atoms with van der Waals surface area (Å²) < 4.78 is 9.02. The molecule has 0 atom stereocenters. The number of esters is 2. The Bertz CT molecular complexity index is 358. The van der Waals surface area contributed by atoms with Crippen molar-refractivity contribution in [2.24, 2.45) is 0 Å². The van der Waals surface area contributed by atoms with E-state index >= 15 is 0 Å². The van der Waals surface area contributed by atoms with Crippen LogP contribution >= 0.6 is 0 Å². The average Bonchev–Trinajstić information content (AvgIpc) is 2.38. The molecule has 0 aliphatic heterocycles. The quantitative estimate of drug-likeness (QED) is 0.380. The fourth-order valence-corrected chi connectivity index (χ4v) is 0.978. The smallest absolute Gasteiger partial charge is 1.00 e. The van der Waals surface area contributed by atoms with Gasteiger partial charge in [0.25, 0.3) is 6.47 Å². The molecule has 94 valence electrons. The van der Waals surface area contributed by atoms with Gasteiger partial charge in [-0.2, -0.15) is 0 Å². The number of ether oxygens (including phenoxy) is 2. The van der Waals surface area contributed by atoms with E-state index in [1.807, 2.05) is 0 Å². The van der Waals surface area contributed by atoms with E-state index in [4.69, 9.17) is 9.90 Å². The van der Waals surface area contributed by atoms with E-state index < -0.39 is 11.9 Å². The zero-order valence-corrected chi connectivity index (χ0v) is 12.4. The van der Waals surface area contributed by atoms with Gasteiger partial charge in [0.05, 0.1) is 25.3 Å². The third-order valence-electron chi connectivity index (χ3n) is 1.73. The molecule has 1 aromatic rings. The molecule has 0 aliphatic carbocycles. The largest absolute Gasteiger partial charge is 1.00 e. The second-order valence-electron chi connectivity index (χ2n) is 2.67. The van der Waals surface area contributed by atoms with Crippen LogP contribution in [-0.4, -0.2) is 37.7 Å². The summed E-state index contributed by atoms with van der Waals surface area (Å²) in [5, 5.41) is 6.89. The van der Waals surface area contributed by atoms with Gasteiger partial charge in [0.2, 0.25) is 0 Å². The van der Waals surface area contributed by atoms with Crippen LogP contribution in [-0.2, 0) is 14.3 Å². The van der Waals surface area contributed by atoms with Crippen LogP contribution in [0.15, 0.2) is 24.3 Å². The van der Waals surface area contributed by atoms with Gasteiger partial charge >= 0.3 is 41.5 Å². The minimum atomic E-state index is -0.429. The molecule has 0 aromatic heterocycles. The van der Waals surface area contributed by atoms with Gasteiger partial charge in [-0.05, 0) is 24.3 Å². The van der Waals surface area contributed by atoms with E-state index in [2.05, 4.69) is 9.47 Å². The Labute approximate surface area is 128 Å². The van der Waals surface area contributed by atoms with Crippen molar-refractivity contribution in [3.63, 3.8) is 0 Å². The second-order valence-corrected chi connectivity index (χ2v) is 2.67. The number of rotatable bonds is 2. The molecule has 0 saturated heterocycles. The zero-order chi connectivity index (χ0) is 13.3. The van der Waals surface area contributed by atoms with E-state index in [1.165, 1.54) is 38.5 Å². The Morgan fingerprint density at radius 2 is 1.28 bits per heavy atom. The Morgan fingerprint density at radius 3 is 1.44 bits per heavy atom. The van der Waals surface area contributed by atoms with Crippen LogP contribution in [0.2, 0.25) is 0 Å². The molecule has 6 nitrogen and oxygen atoms in total. The summed E-state index contributed by atoms with van der Waals surface area (Å²) in [6, 6.07) is 6.05. The molecule has 0 aliphatic rings. The maximum absolute atomic E-state index is 11.0. The Hall–Kier alpha value is -1.37. The van der Waals surface area contributed by atoms with Gasteiger partial charge in [-0.1, -0.05) is 0 Å². The number of benzene rings is 1. The molecular formula is C11H13NaO6. The van der Waals surface area contributed by atoms with E-state index in [-0.39, 0.29) is 37.5 Å². The summed E-state index contributed by atoms with van der Waals surface area (Å²) in [6.07, 6.45) is 0. The molecule has 1 rings (SSSR count). The van der Waals surface area contributed by atoms with Crippen LogP contribution in [0.25, 0.3) is 0 Å². The molecule has 7 heteroatoms. The summed E-state index contributed by atoms with van der Waals surface area (Å²) in [4.78, 5) is 30.4. The predicted molar refractivity (Wildman–Crippen MR) is 58.9 cm³/mol. The topological polar surface area (TPSA) is 89.9 Å². The van der Waals surface area contributed by atoms with Crippen molar-refractivity contribution < 1.29 is 59.9 Å². The van der Waals surface area contributed by atoms with Crippen LogP contribution < -0.4 is 29.6 Å². The molecular weight excluding hydrogens is 251 g/mol. The van der Waals surface area contributed by atoms with Gasteiger partial charge in [0, 0.05) is 0 Å². The summed E-state index contributed by atoms with van der Waals surface area (Å²) in [5.74, 6) is -0.858. The first-order valence-electron chi connectivity index (χ1n) is 4.45. The average molecular weight is 264 g/mol. The molecule has 0 bridgehead atoms. The van der Waals surface area contributed by atoms with Gasteiger partial charge in [0.1, 0.15) is 0 Å². The standard InChI is InChI=1S/C10H10O4.CH2O2.Na.H/c1-13-9(11)7-3-5-8(6-4-7)10(12)14-2;2-1-3;;/h3-6H,1-2H3;1H,(H,2,3);;/q;;+1;-1. The minimum absolute atomic E-state index is 0. The summed E-state index contributed by atoms with van der Waals surface area (Å²) in [5.41, 5.74) is 0.806. The Morgan fingerprint density at radius 1 is 1.06 bits per heavy atom. The molecule has 0 unspecified atom stereocenters. The van der Waals surface area contributed by atoms with Crippen molar-refractivity contribution in [2.75, 3.05) is 14.2 Å². The monoisotopic (exact) mass is 264 g/mol. The van der Waals surface area contributed by atoms with E-state index in [9.17, 15) is 9.59 Å². The molecule has 0 amide bonds. The maximum atomic E-state index is 11.0. The second kappa shape index (κ2) is 10.8. The number of carbonyl (C=O) groups excluding carboxylic acids is 2. The first kappa shape index (κ1) is 19.0. The van der Waals surface area contributed by atoms with Gasteiger partial charge in [-0.3, -0.25) is 4.79 Å². The van der Waals surface area contributed by atoms with Gasteiger partial charge in [0.15, 0.2) is 0 Å². The fourth-order valence-electron chi connectivity index (χ4n) is 0.978. The van der Waals surface area contributed by atoms with Gasteiger partial charge in [-0.15, -0.1) is 0 Å². The molecule has 0 saturated carbocycles. The van der Waals surface area contributed by atoms with Crippen LogP contribution in [0.3, 0.4) is 0 Å². The summed E-state index contributed by atoms with van der Waals surface area (Å²) in [6.45, 7) is -0.250. The third kappa shape index (κ3) is 6.39. The fraction of sp³-hybridized carbons (Fsp3) is 0.182. The van der Waals surface area contributed by atoms with Crippen LogP contribution in [0.1, 0.15) is 22.1 Å². The van der Waals surface area contributed by atoms with E-state index in [0.717, 1.165) is 0 Å². The molecule has 0 fully saturated rings. The van der Waals surface area contributed by atoms with Crippen molar-refractivity contribution in [3.05, 3.63) is 35.4 Å². The van der Waals surface area contributed by atoms with Gasteiger partial charge in [-0.25, -0.2) is 9.59 Å². The Balaban J connectivity index is -0.000000468. The molecule has 0 spiro atoms. The number of carboxylic acid groups (broad SMARTS) is 1. The van der Waals surface area contributed by atoms with Crippen LogP contribution in [0, 0.1) is 0 Å². The molecule has 1 aromatic carbocycles. The first-order chi connectivity index (χ1) is 8.10. The summed E-state index contributed by atoms with van der Waals surface area (Å²) in [7, 11) is 2.60. The molecule has 0 heterocycles.